The van der Waals surface area contributed by atoms with Crippen LogP contribution in [-0.4, -0.2) is 41.3 Å². The Labute approximate surface area is 102 Å². The molecule has 0 aliphatic carbocycles. The van der Waals surface area contributed by atoms with Crippen molar-refractivity contribution < 1.29 is 19.4 Å². The molecule has 1 aliphatic rings. The van der Waals surface area contributed by atoms with E-state index in [1.807, 2.05) is 13.8 Å². The number of ether oxygens (including phenoxy) is 1. The van der Waals surface area contributed by atoms with Gasteiger partial charge in [-0.25, -0.2) is 4.79 Å². The third-order valence-electron chi connectivity index (χ3n) is 2.81. The van der Waals surface area contributed by atoms with Crippen LogP contribution >= 0.6 is 0 Å². The number of hydrogen-bond donors (Lipinski definition) is 1. The molecular weight excluding hydrogens is 222 g/mol. The van der Waals surface area contributed by atoms with Crippen molar-refractivity contribution in [1.29, 1.82) is 0 Å². The smallest absolute Gasteiger partial charge is 0.410 e. The largest absolute Gasteiger partial charge is 0.481 e. The summed E-state index contributed by atoms with van der Waals surface area (Å²) >= 11 is 0. The molecule has 0 radical (unpaired) electrons. The van der Waals surface area contributed by atoms with Crippen molar-refractivity contribution in [3.05, 3.63) is 0 Å². The molecule has 0 spiro atoms. The van der Waals surface area contributed by atoms with Crippen LogP contribution in [0.1, 0.15) is 39.5 Å². The summed E-state index contributed by atoms with van der Waals surface area (Å²) < 4.78 is 5.15. The zero-order chi connectivity index (χ0) is 12.8. The normalized spacial score (nSPS) is 20.4. The number of carboxylic acids is 1. The molecule has 1 heterocycles. The van der Waals surface area contributed by atoms with Crippen LogP contribution in [0, 0.1) is 5.92 Å². The molecular formula is C12H21NO4. The van der Waals surface area contributed by atoms with Crippen LogP contribution in [0.3, 0.4) is 0 Å². The molecule has 1 atom stereocenters. The average molecular weight is 243 g/mol. The first-order valence-corrected chi connectivity index (χ1v) is 6.16. The number of rotatable bonds is 4. The van der Waals surface area contributed by atoms with Crippen LogP contribution in [-0.2, 0) is 9.53 Å². The third-order valence-corrected chi connectivity index (χ3v) is 2.81. The zero-order valence-electron chi connectivity index (χ0n) is 10.5. The Bertz CT molecular complexity index is 278. The number of amides is 1. The van der Waals surface area contributed by atoms with Crippen molar-refractivity contribution in [3.63, 3.8) is 0 Å². The van der Waals surface area contributed by atoms with Gasteiger partial charge in [-0.05, 0) is 25.2 Å². The van der Waals surface area contributed by atoms with Crippen molar-refractivity contribution in [2.75, 3.05) is 13.2 Å². The fourth-order valence-electron chi connectivity index (χ4n) is 1.98. The maximum atomic E-state index is 11.8. The van der Waals surface area contributed by atoms with Crippen LogP contribution in [0.5, 0.6) is 0 Å². The van der Waals surface area contributed by atoms with E-state index in [-0.39, 0.29) is 18.6 Å². The highest BCUT2D eigenvalue weighted by Gasteiger charge is 2.29. The highest BCUT2D eigenvalue weighted by atomic mass is 16.6. The van der Waals surface area contributed by atoms with Gasteiger partial charge >= 0.3 is 12.1 Å². The van der Waals surface area contributed by atoms with Gasteiger partial charge in [0, 0.05) is 12.6 Å². The number of piperidine rings is 1. The van der Waals surface area contributed by atoms with E-state index in [9.17, 15) is 9.59 Å². The predicted octanol–water partition coefficient (Wildman–Crippen LogP) is 2.11. The Morgan fingerprint density at radius 2 is 2.12 bits per heavy atom. The van der Waals surface area contributed by atoms with E-state index in [0.29, 0.717) is 19.1 Å². The minimum Gasteiger partial charge on any atom is -0.481 e. The quantitative estimate of drug-likeness (QED) is 0.821. The van der Waals surface area contributed by atoms with Gasteiger partial charge in [-0.1, -0.05) is 13.8 Å². The molecule has 98 valence electrons. The molecule has 0 aromatic heterocycles. The number of likely N-dealkylation sites (tertiary alicyclic amines) is 1. The van der Waals surface area contributed by atoms with E-state index < -0.39 is 5.97 Å². The first-order valence-electron chi connectivity index (χ1n) is 6.16. The Balaban J connectivity index is 2.51. The second-order valence-corrected chi connectivity index (χ2v) is 4.91. The summed E-state index contributed by atoms with van der Waals surface area (Å²) in [6.07, 6.45) is 2.29. The first kappa shape index (κ1) is 13.8. The molecule has 1 saturated heterocycles. The lowest BCUT2D eigenvalue weighted by atomic mass is 10.00. The number of nitrogens with zero attached hydrogens (tertiary/aromatic N) is 1. The Morgan fingerprint density at radius 1 is 1.41 bits per heavy atom. The zero-order valence-corrected chi connectivity index (χ0v) is 10.5. The molecule has 1 unspecified atom stereocenters. The second kappa shape index (κ2) is 6.47. The summed E-state index contributed by atoms with van der Waals surface area (Å²) in [5.74, 6) is -0.569. The van der Waals surface area contributed by atoms with Gasteiger partial charge in [0.25, 0.3) is 0 Å². The Kier molecular flexibility index (Phi) is 5.25. The average Bonchev–Trinajstić information content (AvgIpc) is 2.25. The van der Waals surface area contributed by atoms with Crippen molar-refractivity contribution in [2.45, 2.75) is 45.6 Å². The van der Waals surface area contributed by atoms with Gasteiger partial charge < -0.3 is 14.7 Å². The molecule has 0 aromatic rings. The van der Waals surface area contributed by atoms with E-state index in [0.717, 1.165) is 19.3 Å². The first-order chi connectivity index (χ1) is 8.00. The molecule has 0 bridgehead atoms. The molecule has 5 heteroatoms. The van der Waals surface area contributed by atoms with Crippen molar-refractivity contribution in [1.82, 2.24) is 4.90 Å². The van der Waals surface area contributed by atoms with Crippen LogP contribution < -0.4 is 0 Å². The van der Waals surface area contributed by atoms with Crippen molar-refractivity contribution >= 4 is 12.1 Å². The summed E-state index contributed by atoms with van der Waals surface area (Å²) in [5.41, 5.74) is 0. The van der Waals surface area contributed by atoms with Gasteiger partial charge in [-0.15, -0.1) is 0 Å². The van der Waals surface area contributed by atoms with Gasteiger partial charge in [0.2, 0.25) is 0 Å². The predicted molar refractivity (Wildman–Crippen MR) is 62.8 cm³/mol. The van der Waals surface area contributed by atoms with Gasteiger partial charge in [0.05, 0.1) is 13.0 Å². The van der Waals surface area contributed by atoms with E-state index in [1.165, 1.54) is 0 Å². The van der Waals surface area contributed by atoms with Crippen molar-refractivity contribution in [2.24, 2.45) is 5.92 Å². The lowest BCUT2D eigenvalue weighted by Crippen LogP contribution is -2.45. The fraction of sp³-hybridized carbons (Fsp3) is 0.833. The second-order valence-electron chi connectivity index (χ2n) is 4.91. The molecule has 1 fully saturated rings. The molecule has 17 heavy (non-hydrogen) atoms. The van der Waals surface area contributed by atoms with E-state index in [4.69, 9.17) is 9.84 Å². The monoisotopic (exact) mass is 243 g/mol. The third kappa shape index (κ3) is 4.63. The SMILES string of the molecule is CC(C)COC(=O)N1CCCCC1CC(=O)O. The van der Waals surface area contributed by atoms with Crippen LogP contribution in [0.25, 0.3) is 0 Å². The fourth-order valence-corrected chi connectivity index (χ4v) is 1.98. The lowest BCUT2D eigenvalue weighted by Gasteiger charge is -2.34. The maximum absolute atomic E-state index is 11.8. The van der Waals surface area contributed by atoms with Gasteiger partial charge in [0.15, 0.2) is 0 Å². The Hall–Kier alpha value is -1.26. The van der Waals surface area contributed by atoms with Crippen LogP contribution in [0.15, 0.2) is 0 Å². The molecule has 0 aromatic carbocycles. The number of hydrogen-bond acceptors (Lipinski definition) is 3. The molecule has 5 nitrogen and oxygen atoms in total. The maximum Gasteiger partial charge on any atom is 0.410 e. The van der Waals surface area contributed by atoms with Gasteiger partial charge in [-0.3, -0.25) is 4.79 Å². The van der Waals surface area contributed by atoms with Gasteiger partial charge in [0.1, 0.15) is 0 Å². The summed E-state index contributed by atoms with van der Waals surface area (Å²) in [4.78, 5) is 24.1. The van der Waals surface area contributed by atoms with E-state index >= 15 is 0 Å². The number of aliphatic carboxylic acids is 1. The minimum atomic E-state index is -0.862. The highest BCUT2D eigenvalue weighted by molar-refractivity contribution is 5.71. The standard InChI is InChI=1S/C12H21NO4/c1-9(2)8-17-12(16)13-6-4-3-5-10(13)7-11(14)15/h9-10H,3-8H2,1-2H3,(H,14,15). The number of carbonyl (C=O) groups is 2. The Morgan fingerprint density at radius 3 is 2.71 bits per heavy atom. The van der Waals surface area contributed by atoms with Gasteiger partial charge in [-0.2, -0.15) is 0 Å². The number of carbonyl (C=O) groups excluding carboxylic acids is 1. The highest BCUT2D eigenvalue weighted by Crippen LogP contribution is 2.20. The number of carboxylic acid groups (broad SMARTS) is 1. The molecule has 1 amide bonds. The molecule has 0 saturated carbocycles. The molecule has 1 rings (SSSR count). The van der Waals surface area contributed by atoms with Crippen molar-refractivity contribution in [3.8, 4) is 0 Å². The van der Waals surface area contributed by atoms with E-state index in [1.54, 1.807) is 4.90 Å². The summed E-state index contributed by atoms with van der Waals surface area (Å²) in [7, 11) is 0. The molecule has 1 N–H and O–H groups in total. The summed E-state index contributed by atoms with van der Waals surface area (Å²) in [6.45, 7) is 4.93. The molecule has 1 aliphatic heterocycles. The summed E-state index contributed by atoms with van der Waals surface area (Å²) in [6, 6.07) is -0.207. The minimum absolute atomic E-state index is 0.0107. The van der Waals surface area contributed by atoms with Crippen LogP contribution in [0.4, 0.5) is 4.79 Å². The summed E-state index contributed by atoms with van der Waals surface area (Å²) in [5, 5.41) is 8.80. The lowest BCUT2D eigenvalue weighted by molar-refractivity contribution is -0.138. The van der Waals surface area contributed by atoms with E-state index in [2.05, 4.69) is 0 Å². The van der Waals surface area contributed by atoms with Crippen LogP contribution in [0.2, 0.25) is 0 Å². The topological polar surface area (TPSA) is 66.8 Å².